The van der Waals surface area contributed by atoms with Crippen LogP contribution in [0.2, 0.25) is 0 Å². The number of carbonyl (C=O) groups is 3. The molecular weight excluding hydrogens is 428 g/mol. The van der Waals surface area contributed by atoms with Gasteiger partial charge in [0.05, 0.1) is 6.54 Å². The van der Waals surface area contributed by atoms with Gasteiger partial charge in [-0.2, -0.15) is 0 Å². The minimum absolute atomic E-state index is 0.00708. The van der Waals surface area contributed by atoms with Gasteiger partial charge in [0, 0.05) is 55.6 Å². The van der Waals surface area contributed by atoms with E-state index in [0.717, 1.165) is 36.3 Å². The van der Waals surface area contributed by atoms with Crippen LogP contribution in [0.15, 0.2) is 48.5 Å². The fraction of sp³-hybridized carbons (Fsp3) is 0.444. The van der Waals surface area contributed by atoms with Crippen LogP contribution in [0.25, 0.3) is 0 Å². The highest BCUT2D eigenvalue weighted by Crippen LogP contribution is 2.20. The Morgan fingerprint density at radius 1 is 0.941 bits per heavy atom. The lowest BCUT2D eigenvalue weighted by molar-refractivity contribution is -0.137. The maximum atomic E-state index is 12.7. The molecule has 1 heterocycles. The van der Waals surface area contributed by atoms with Gasteiger partial charge in [0.2, 0.25) is 11.8 Å². The van der Waals surface area contributed by atoms with Gasteiger partial charge in [0.25, 0.3) is 5.91 Å². The fourth-order valence-electron chi connectivity index (χ4n) is 4.08. The van der Waals surface area contributed by atoms with Crippen molar-refractivity contribution in [2.75, 3.05) is 49.5 Å². The number of carbonyl (C=O) groups excluding carboxylic acids is 3. The quantitative estimate of drug-likeness (QED) is 0.645. The van der Waals surface area contributed by atoms with E-state index >= 15 is 0 Å². The molecule has 0 spiro atoms. The van der Waals surface area contributed by atoms with Gasteiger partial charge in [-0.25, -0.2) is 0 Å². The van der Waals surface area contributed by atoms with Gasteiger partial charge in [-0.3, -0.25) is 14.4 Å². The lowest BCUT2D eigenvalue weighted by Gasteiger charge is -2.36. The number of benzene rings is 2. The van der Waals surface area contributed by atoms with Crippen LogP contribution in [0.4, 0.5) is 11.4 Å². The van der Waals surface area contributed by atoms with Crippen LogP contribution in [0.1, 0.15) is 43.1 Å². The van der Waals surface area contributed by atoms with Gasteiger partial charge < -0.3 is 20.0 Å². The third-order valence-electron chi connectivity index (χ3n) is 6.02. The second-order valence-electron chi connectivity index (χ2n) is 9.15. The Morgan fingerprint density at radius 3 is 2.12 bits per heavy atom. The zero-order valence-electron chi connectivity index (χ0n) is 20.7. The van der Waals surface area contributed by atoms with Crippen molar-refractivity contribution in [3.8, 4) is 0 Å². The molecule has 2 aromatic rings. The average molecular weight is 465 g/mol. The predicted molar refractivity (Wildman–Crippen MR) is 136 cm³/mol. The molecule has 0 aromatic heterocycles. The van der Waals surface area contributed by atoms with Crippen molar-refractivity contribution in [3.63, 3.8) is 0 Å². The zero-order valence-corrected chi connectivity index (χ0v) is 20.7. The summed E-state index contributed by atoms with van der Waals surface area (Å²) < 4.78 is 0. The Labute approximate surface area is 202 Å². The van der Waals surface area contributed by atoms with Crippen molar-refractivity contribution in [3.05, 3.63) is 59.7 Å². The van der Waals surface area contributed by atoms with Crippen LogP contribution in [0, 0.1) is 12.8 Å². The lowest BCUT2D eigenvalue weighted by Crippen LogP contribution is -2.48. The molecule has 7 heteroatoms. The van der Waals surface area contributed by atoms with Crippen LogP contribution < -0.4 is 10.2 Å². The van der Waals surface area contributed by atoms with Crippen LogP contribution in [0.5, 0.6) is 0 Å². The molecule has 1 N–H and O–H groups in total. The summed E-state index contributed by atoms with van der Waals surface area (Å²) in [4.78, 5) is 43.3. The Kier molecular flexibility index (Phi) is 8.68. The molecule has 2 aromatic carbocycles. The summed E-state index contributed by atoms with van der Waals surface area (Å²) in [6.07, 6.45) is 0.810. The first-order valence-corrected chi connectivity index (χ1v) is 12.1. The molecule has 1 aliphatic heterocycles. The summed E-state index contributed by atoms with van der Waals surface area (Å²) in [5.41, 5.74) is 3.63. The summed E-state index contributed by atoms with van der Waals surface area (Å²) in [5, 5.41) is 2.89. The molecule has 7 nitrogen and oxygen atoms in total. The van der Waals surface area contributed by atoms with E-state index < -0.39 is 0 Å². The number of piperazine rings is 1. The number of anilines is 2. The molecule has 0 aliphatic carbocycles. The number of hydrogen-bond donors (Lipinski definition) is 1. The molecule has 0 atom stereocenters. The first-order chi connectivity index (χ1) is 16.3. The maximum absolute atomic E-state index is 12.7. The highest BCUT2D eigenvalue weighted by atomic mass is 16.2. The monoisotopic (exact) mass is 464 g/mol. The second-order valence-corrected chi connectivity index (χ2v) is 9.15. The van der Waals surface area contributed by atoms with E-state index in [1.165, 1.54) is 0 Å². The highest BCUT2D eigenvalue weighted by Gasteiger charge is 2.23. The van der Waals surface area contributed by atoms with Gasteiger partial charge in [0.1, 0.15) is 0 Å². The molecule has 0 unspecified atom stereocenters. The van der Waals surface area contributed by atoms with Crippen molar-refractivity contribution in [2.24, 2.45) is 5.92 Å². The predicted octanol–water partition coefficient (Wildman–Crippen LogP) is 3.79. The van der Waals surface area contributed by atoms with Crippen molar-refractivity contribution in [2.45, 2.75) is 34.1 Å². The van der Waals surface area contributed by atoms with Crippen LogP contribution >= 0.6 is 0 Å². The maximum Gasteiger partial charge on any atom is 0.253 e. The highest BCUT2D eigenvalue weighted by molar-refractivity contribution is 5.95. The molecule has 1 saturated heterocycles. The van der Waals surface area contributed by atoms with Crippen LogP contribution in [0.3, 0.4) is 0 Å². The van der Waals surface area contributed by atoms with E-state index in [-0.39, 0.29) is 30.2 Å². The third-order valence-corrected chi connectivity index (χ3v) is 6.02. The van der Waals surface area contributed by atoms with Gasteiger partial charge >= 0.3 is 0 Å². The van der Waals surface area contributed by atoms with E-state index in [1.807, 2.05) is 81.1 Å². The number of aryl methyl sites for hydroxylation is 1. The number of nitrogens with one attached hydrogen (secondary N) is 1. The van der Waals surface area contributed by atoms with E-state index in [1.54, 1.807) is 4.90 Å². The zero-order chi connectivity index (χ0) is 24.7. The molecular formula is C27H36N4O3. The molecule has 34 heavy (non-hydrogen) atoms. The number of nitrogens with zero attached hydrogens (tertiary/aromatic N) is 3. The molecule has 0 radical (unpaired) electrons. The standard InChI is InChI=1S/C27H36N4O3/c1-5-14-31(26(33)20(2)3)19-25(32)28-23-10-12-24(13-11-23)29-15-17-30(18-16-29)27(34)22-8-6-21(4)7-9-22/h6-13,20H,5,14-19H2,1-4H3,(H,28,32). The minimum atomic E-state index is -0.196. The van der Waals surface area contributed by atoms with Gasteiger partial charge in [-0.1, -0.05) is 38.5 Å². The van der Waals surface area contributed by atoms with E-state index in [2.05, 4.69) is 10.2 Å². The van der Waals surface area contributed by atoms with E-state index in [4.69, 9.17) is 0 Å². The lowest BCUT2D eigenvalue weighted by atomic mass is 10.1. The number of hydrogen-bond acceptors (Lipinski definition) is 4. The van der Waals surface area contributed by atoms with Crippen LogP contribution in [-0.2, 0) is 9.59 Å². The van der Waals surface area contributed by atoms with Gasteiger partial charge in [0.15, 0.2) is 0 Å². The molecule has 1 fully saturated rings. The Morgan fingerprint density at radius 2 is 1.56 bits per heavy atom. The molecule has 0 saturated carbocycles. The van der Waals surface area contributed by atoms with Crippen molar-refractivity contribution in [1.29, 1.82) is 0 Å². The molecule has 3 rings (SSSR count). The third kappa shape index (κ3) is 6.59. The smallest absolute Gasteiger partial charge is 0.253 e. The first-order valence-electron chi connectivity index (χ1n) is 12.1. The Bertz CT molecular complexity index is 978. The summed E-state index contributed by atoms with van der Waals surface area (Å²) in [5.74, 6) is -0.261. The van der Waals surface area contributed by atoms with E-state index in [0.29, 0.717) is 25.3 Å². The normalized spacial score (nSPS) is 13.7. The Hall–Kier alpha value is -3.35. The summed E-state index contributed by atoms with van der Waals surface area (Å²) in [6.45, 7) is 11.2. The van der Waals surface area contributed by atoms with Crippen molar-refractivity contribution < 1.29 is 14.4 Å². The molecule has 0 bridgehead atoms. The molecule has 3 amide bonds. The largest absolute Gasteiger partial charge is 0.368 e. The van der Waals surface area contributed by atoms with E-state index in [9.17, 15) is 14.4 Å². The second kappa shape index (κ2) is 11.7. The summed E-state index contributed by atoms with van der Waals surface area (Å²) in [6, 6.07) is 15.4. The first kappa shape index (κ1) is 25.3. The SMILES string of the molecule is CCCN(CC(=O)Nc1ccc(N2CCN(C(=O)c3ccc(C)cc3)CC2)cc1)C(=O)C(C)C. The minimum Gasteiger partial charge on any atom is -0.368 e. The van der Waals surface area contributed by atoms with Crippen molar-refractivity contribution >= 4 is 29.1 Å². The number of rotatable bonds is 8. The average Bonchev–Trinajstić information content (AvgIpc) is 2.84. The van der Waals surface area contributed by atoms with Gasteiger partial charge in [-0.05, 0) is 49.7 Å². The summed E-state index contributed by atoms with van der Waals surface area (Å²) >= 11 is 0. The molecule has 1 aliphatic rings. The van der Waals surface area contributed by atoms with Crippen molar-refractivity contribution in [1.82, 2.24) is 9.80 Å². The number of amides is 3. The fourth-order valence-corrected chi connectivity index (χ4v) is 4.08. The van der Waals surface area contributed by atoms with Crippen LogP contribution in [-0.4, -0.2) is 66.8 Å². The molecule has 182 valence electrons. The summed E-state index contributed by atoms with van der Waals surface area (Å²) in [7, 11) is 0. The van der Waals surface area contributed by atoms with Gasteiger partial charge in [-0.15, -0.1) is 0 Å². The topological polar surface area (TPSA) is 73.0 Å². The Balaban J connectivity index is 1.51.